The van der Waals surface area contributed by atoms with Crippen molar-refractivity contribution in [1.29, 1.82) is 0 Å². The average Bonchev–Trinajstić information content (AvgIpc) is 2.26. The van der Waals surface area contributed by atoms with Crippen molar-refractivity contribution in [2.24, 2.45) is 0 Å². The molecule has 0 fully saturated rings. The van der Waals surface area contributed by atoms with Crippen molar-refractivity contribution < 1.29 is 19.8 Å². The highest BCUT2D eigenvalue weighted by Gasteiger charge is 2.18. The molecule has 0 aliphatic carbocycles. The SMILES string of the molecule is CCCCCC(C(=O)O)=C(CCCC)C(=O)O. The number of carboxylic acid groups (broad SMARTS) is 2. The van der Waals surface area contributed by atoms with Crippen LogP contribution in [0.4, 0.5) is 0 Å². The maximum absolute atomic E-state index is 11.1. The Hall–Kier alpha value is -1.32. The molecule has 0 unspecified atom stereocenters. The van der Waals surface area contributed by atoms with Crippen molar-refractivity contribution in [3.63, 3.8) is 0 Å². The second kappa shape index (κ2) is 8.79. The Morgan fingerprint density at radius 3 is 1.53 bits per heavy atom. The molecule has 0 amide bonds. The topological polar surface area (TPSA) is 74.6 Å². The summed E-state index contributed by atoms with van der Waals surface area (Å²) in [4.78, 5) is 22.1. The number of carboxylic acids is 2. The van der Waals surface area contributed by atoms with Gasteiger partial charge in [0, 0.05) is 11.1 Å². The summed E-state index contributed by atoms with van der Waals surface area (Å²) in [6.45, 7) is 3.98. The number of rotatable bonds is 9. The maximum atomic E-state index is 11.1. The third-order valence-corrected chi connectivity index (χ3v) is 2.69. The minimum absolute atomic E-state index is 0.0791. The molecule has 0 rings (SSSR count). The van der Waals surface area contributed by atoms with Crippen LogP contribution in [0.15, 0.2) is 11.1 Å². The van der Waals surface area contributed by atoms with Gasteiger partial charge in [0.25, 0.3) is 0 Å². The van der Waals surface area contributed by atoms with E-state index in [1.807, 2.05) is 13.8 Å². The molecular weight excluding hydrogens is 220 g/mol. The molecule has 0 heterocycles. The van der Waals surface area contributed by atoms with Crippen molar-refractivity contribution >= 4 is 11.9 Å². The van der Waals surface area contributed by atoms with Gasteiger partial charge in [-0.1, -0.05) is 33.1 Å². The molecule has 0 bridgehead atoms. The van der Waals surface area contributed by atoms with Gasteiger partial charge in [-0.2, -0.15) is 0 Å². The molecule has 0 aromatic rings. The lowest BCUT2D eigenvalue weighted by Crippen LogP contribution is -2.12. The second-order valence-corrected chi connectivity index (χ2v) is 4.13. The molecule has 0 aliphatic rings. The molecule has 0 radical (unpaired) electrons. The molecule has 0 saturated carbocycles. The summed E-state index contributed by atoms with van der Waals surface area (Å²) in [5.41, 5.74) is 0.162. The molecule has 17 heavy (non-hydrogen) atoms. The molecule has 4 heteroatoms. The normalized spacial score (nSPS) is 12.1. The van der Waals surface area contributed by atoms with Crippen LogP contribution in [0.3, 0.4) is 0 Å². The highest BCUT2D eigenvalue weighted by atomic mass is 16.4. The molecule has 0 aromatic heterocycles. The Labute approximate surface area is 102 Å². The number of unbranched alkanes of at least 4 members (excludes halogenated alkanes) is 3. The van der Waals surface area contributed by atoms with Crippen molar-refractivity contribution in [2.75, 3.05) is 0 Å². The number of aliphatic carboxylic acids is 2. The van der Waals surface area contributed by atoms with E-state index in [2.05, 4.69) is 0 Å². The van der Waals surface area contributed by atoms with Crippen LogP contribution < -0.4 is 0 Å². The van der Waals surface area contributed by atoms with Crippen molar-refractivity contribution in [1.82, 2.24) is 0 Å². The minimum Gasteiger partial charge on any atom is -0.478 e. The summed E-state index contributed by atoms with van der Waals surface area (Å²) in [7, 11) is 0. The van der Waals surface area contributed by atoms with E-state index in [4.69, 9.17) is 10.2 Å². The Bertz CT molecular complexity index is 292. The molecular formula is C13H22O4. The fourth-order valence-corrected chi connectivity index (χ4v) is 1.68. The highest BCUT2D eigenvalue weighted by Crippen LogP contribution is 2.19. The standard InChI is InChI=1S/C13H22O4/c1-3-5-7-9-11(13(16)17)10(12(14)15)8-6-4-2/h3-9H2,1-2H3,(H,14,15)(H,16,17). The van der Waals surface area contributed by atoms with E-state index in [1.54, 1.807) is 0 Å². The predicted molar refractivity (Wildman–Crippen MR) is 66.0 cm³/mol. The molecule has 0 saturated heterocycles. The Morgan fingerprint density at radius 1 is 0.765 bits per heavy atom. The van der Waals surface area contributed by atoms with Gasteiger partial charge in [0.05, 0.1) is 0 Å². The highest BCUT2D eigenvalue weighted by molar-refractivity contribution is 5.98. The van der Waals surface area contributed by atoms with Gasteiger partial charge in [0.15, 0.2) is 0 Å². The monoisotopic (exact) mass is 242 g/mol. The first-order valence-corrected chi connectivity index (χ1v) is 6.23. The fourth-order valence-electron chi connectivity index (χ4n) is 1.68. The van der Waals surface area contributed by atoms with E-state index >= 15 is 0 Å². The summed E-state index contributed by atoms with van der Waals surface area (Å²) in [6.07, 6.45) is 4.93. The van der Waals surface area contributed by atoms with Crippen LogP contribution >= 0.6 is 0 Å². The second-order valence-electron chi connectivity index (χ2n) is 4.13. The van der Waals surface area contributed by atoms with E-state index in [9.17, 15) is 9.59 Å². The zero-order valence-corrected chi connectivity index (χ0v) is 10.7. The lowest BCUT2D eigenvalue weighted by molar-refractivity contribution is -0.136. The number of hydrogen-bond acceptors (Lipinski definition) is 2. The molecule has 0 aliphatic heterocycles. The molecule has 4 nitrogen and oxygen atoms in total. The zero-order chi connectivity index (χ0) is 13.3. The van der Waals surface area contributed by atoms with E-state index in [0.717, 1.165) is 25.7 Å². The first-order valence-electron chi connectivity index (χ1n) is 6.23. The van der Waals surface area contributed by atoms with Crippen molar-refractivity contribution in [3.05, 3.63) is 11.1 Å². The summed E-state index contributed by atoms with van der Waals surface area (Å²) >= 11 is 0. The van der Waals surface area contributed by atoms with Crippen LogP contribution in [0, 0.1) is 0 Å². The van der Waals surface area contributed by atoms with Crippen LogP contribution in [0.2, 0.25) is 0 Å². The third kappa shape index (κ3) is 6.09. The number of carbonyl (C=O) groups is 2. The van der Waals surface area contributed by atoms with Crippen LogP contribution in [-0.4, -0.2) is 22.2 Å². The average molecular weight is 242 g/mol. The lowest BCUT2D eigenvalue weighted by Gasteiger charge is -2.08. The third-order valence-electron chi connectivity index (χ3n) is 2.69. The molecule has 0 atom stereocenters. The molecule has 0 aromatic carbocycles. The molecule has 98 valence electrons. The van der Waals surface area contributed by atoms with Crippen molar-refractivity contribution in [2.45, 2.75) is 58.8 Å². The van der Waals surface area contributed by atoms with Gasteiger partial charge in [-0.3, -0.25) is 0 Å². The predicted octanol–water partition coefficient (Wildman–Crippen LogP) is 3.22. The lowest BCUT2D eigenvalue weighted by atomic mass is 9.98. The van der Waals surface area contributed by atoms with Gasteiger partial charge < -0.3 is 10.2 Å². The van der Waals surface area contributed by atoms with Crippen LogP contribution in [-0.2, 0) is 9.59 Å². The van der Waals surface area contributed by atoms with Gasteiger partial charge >= 0.3 is 11.9 Å². The van der Waals surface area contributed by atoms with Gasteiger partial charge in [-0.25, -0.2) is 9.59 Å². The summed E-state index contributed by atoms with van der Waals surface area (Å²) in [5.74, 6) is -2.18. The first kappa shape index (κ1) is 15.7. The van der Waals surface area contributed by atoms with Crippen LogP contribution in [0.25, 0.3) is 0 Å². The van der Waals surface area contributed by atoms with Crippen molar-refractivity contribution in [3.8, 4) is 0 Å². The summed E-state index contributed by atoms with van der Waals surface area (Å²) < 4.78 is 0. The van der Waals surface area contributed by atoms with Gasteiger partial charge in [-0.05, 0) is 25.7 Å². The van der Waals surface area contributed by atoms with Crippen LogP contribution in [0.5, 0.6) is 0 Å². The van der Waals surface area contributed by atoms with Gasteiger partial charge in [0.2, 0.25) is 0 Å². The fraction of sp³-hybridized carbons (Fsp3) is 0.692. The summed E-state index contributed by atoms with van der Waals surface area (Å²) in [5, 5.41) is 18.1. The number of hydrogen-bond donors (Lipinski definition) is 2. The first-order chi connectivity index (χ1) is 8.04. The van der Waals surface area contributed by atoms with Gasteiger partial charge in [-0.15, -0.1) is 0 Å². The van der Waals surface area contributed by atoms with Crippen LogP contribution in [0.1, 0.15) is 58.8 Å². The quantitative estimate of drug-likeness (QED) is 0.481. The summed E-state index contributed by atoms with van der Waals surface area (Å²) in [6, 6.07) is 0. The smallest absolute Gasteiger partial charge is 0.332 e. The molecule has 0 spiro atoms. The van der Waals surface area contributed by atoms with E-state index < -0.39 is 11.9 Å². The van der Waals surface area contributed by atoms with Gasteiger partial charge in [0.1, 0.15) is 0 Å². The largest absolute Gasteiger partial charge is 0.478 e. The zero-order valence-electron chi connectivity index (χ0n) is 10.7. The maximum Gasteiger partial charge on any atom is 0.332 e. The van der Waals surface area contributed by atoms with E-state index in [1.165, 1.54) is 0 Å². The van der Waals surface area contributed by atoms with E-state index in [0.29, 0.717) is 19.3 Å². The molecule has 2 N–H and O–H groups in total. The minimum atomic E-state index is -1.09. The van der Waals surface area contributed by atoms with E-state index in [-0.39, 0.29) is 11.1 Å². The Morgan fingerprint density at radius 2 is 1.18 bits per heavy atom. The Balaban J connectivity index is 4.85. The Kier molecular flexibility index (Phi) is 8.11.